The molecule has 2 N–H and O–H groups in total. The molecule has 1 heterocycles. The molecule has 5 heteroatoms. The van der Waals surface area contributed by atoms with E-state index in [1.807, 2.05) is 13.8 Å². The SMILES string of the molecule is CCNc1ncc(F)cc1C(=O)NC(C)CCC(C)C. The molecule has 0 radical (unpaired) electrons. The van der Waals surface area contributed by atoms with Gasteiger partial charge < -0.3 is 10.6 Å². The zero-order valence-corrected chi connectivity index (χ0v) is 12.7. The summed E-state index contributed by atoms with van der Waals surface area (Å²) in [6.45, 7) is 8.78. The minimum atomic E-state index is -0.508. The van der Waals surface area contributed by atoms with Gasteiger partial charge in [0.15, 0.2) is 0 Å². The fourth-order valence-electron chi connectivity index (χ4n) is 1.88. The Hall–Kier alpha value is -1.65. The summed E-state index contributed by atoms with van der Waals surface area (Å²) in [6, 6.07) is 1.28. The topological polar surface area (TPSA) is 54.0 Å². The van der Waals surface area contributed by atoms with Crippen LogP contribution in [0.2, 0.25) is 0 Å². The highest BCUT2D eigenvalue weighted by Gasteiger charge is 2.16. The number of carbonyl (C=O) groups excluding carboxylic acids is 1. The molecule has 0 aliphatic rings. The number of carbonyl (C=O) groups is 1. The van der Waals surface area contributed by atoms with Gasteiger partial charge >= 0.3 is 0 Å². The van der Waals surface area contributed by atoms with E-state index >= 15 is 0 Å². The summed E-state index contributed by atoms with van der Waals surface area (Å²) in [6.07, 6.45) is 3.06. The van der Waals surface area contributed by atoms with E-state index < -0.39 is 5.82 Å². The van der Waals surface area contributed by atoms with Crippen LogP contribution in [0.5, 0.6) is 0 Å². The summed E-state index contributed by atoms with van der Waals surface area (Å²) in [4.78, 5) is 16.1. The highest BCUT2D eigenvalue weighted by Crippen LogP contribution is 2.14. The molecule has 20 heavy (non-hydrogen) atoms. The molecule has 0 bridgehead atoms. The summed E-state index contributed by atoms with van der Waals surface area (Å²) in [5.41, 5.74) is 0.253. The highest BCUT2D eigenvalue weighted by molar-refractivity contribution is 5.98. The van der Waals surface area contributed by atoms with Crippen LogP contribution >= 0.6 is 0 Å². The molecule has 0 saturated heterocycles. The van der Waals surface area contributed by atoms with Gasteiger partial charge in [0.1, 0.15) is 11.6 Å². The first-order chi connectivity index (χ1) is 9.43. The van der Waals surface area contributed by atoms with Gasteiger partial charge in [-0.15, -0.1) is 0 Å². The van der Waals surface area contributed by atoms with Crippen LogP contribution in [0.3, 0.4) is 0 Å². The molecule has 0 aromatic carbocycles. The van der Waals surface area contributed by atoms with Gasteiger partial charge in [-0.2, -0.15) is 0 Å². The van der Waals surface area contributed by atoms with E-state index in [2.05, 4.69) is 29.5 Å². The largest absolute Gasteiger partial charge is 0.370 e. The van der Waals surface area contributed by atoms with Crippen molar-refractivity contribution < 1.29 is 9.18 Å². The molecule has 1 aromatic heterocycles. The first kappa shape index (κ1) is 16.4. The Labute approximate surface area is 120 Å². The first-order valence-electron chi connectivity index (χ1n) is 7.14. The van der Waals surface area contributed by atoms with E-state index in [0.717, 1.165) is 19.0 Å². The van der Waals surface area contributed by atoms with E-state index in [-0.39, 0.29) is 17.5 Å². The lowest BCUT2D eigenvalue weighted by Crippen LogP contribution is -2.33. The average molecular weight is 281 g/mol. The third-order valence-corrected chi connectivity index (χ3v) is 3.00. The molecular weight excluding hydrogens is 257 g/mol. The average Bonchev–Trinajstić information content (AvgIpc) is 2.38. The Bertz CT molecular complexity index is 449. The normalized spacial score (nSPS) is 12.3. The second-order valence-electron chi connectivity index (χ2n) is 5.43. The van der Waals surface area contributed by atoms with E-state index in [4.69, 9.17) is 0 Å². The number of nitrogens with zero attached hydrogens (tertiary/aromatic N) is 1. The monoisotopic (exact) mass is 281 g/mol. The van der Waals surface area contributed by atoms with Crippen molar-refractivity contribution in [3.63, 3.8) is 0 Å². The molecule has 112 valence electrons. The number of rotatable bonds is 7. The van der Waals surface area contributed by atoms with Crippen LogP contribution in [0.25, 0.3) is 0 Å². The van der Waals surface area contributed by atoms with Crippen molar-refractivity contribution in [3.8, 4) is 0 Å². The van der Waals surface area contributed by atoms with Crippen LogP contribution in [0.1, 0.15) is 50.9 Å². The Balaban J connectivity index is 2.73. The molecule has 0 fully saturated rings. The zero-order chi connectivity index (χ0) is 15.1. The maximum absolute atomic E-state index is 13.3. The molecule has 1 atom stereocenters. The number of hydrogen-bond donors (Lipinski definition) is 2. The Kier molecular flexibility index (Phi) is 6.42. The van der Waals surface area contributed by atoms with Crippen LogP contribution in [0.4, 0.5) is 10.2 Å². The maximum Gasteiger partial charge on any atom is 0.255 e. The predicted octanol–water partition coefficient (Wildman–Crippen LogP) is 3.21. The van der Waals surface area contributed by atoms with Crippen molar-refractivity contribution in [2.24, 2.45) is 5.92 Å². The Morgan fingerprint density at radius 3 is 2.65 bits per heavy atom. The van der Waals surface area contributed by atoms with Crippen LogP contribution in [0.15, 0.2) is 12.3 Å². The number of anilines is 1. The van der Waals surface area contributed by atoms with Crippen molar-refractivity contribution in [2.45, 2.75) is 46.6 Å². The van der Waals surface area contributed by atoms with Crippen LogP contribution in [0, 0.1) is 11.7 Å². The second-order valence-corrected chi connectivity index (χ2v) is 5.43. The second kappa shape index (κ2) is 7.82. The molecule has 0 spiro atoms. The summed E-state index contributed by atoms with van der Waals surface area (Å²) < 4.78 is 13.3. The maximum atomic E-state index is 13.3. The molecule has 0 aliphatic carbocycles. The van der Waals surface area contributed by atoms with Gasteiger partial charge in [-0.1, -0.05) is 13.8 Å². The summed E-state index contributed by atoms with van der Waals surface area (Å²) in [7, 11) is 0. The number of pyridine rings is 1. The van der Waals surface area contributed by atoms with Crippen molar-refractivity contribution in [2.75, 3.05) is 11.9 Å². The van der Waals surface area contributed by atoms with E-state index in [0.29, 0.717) is 18.3 Å². The van der Waals surface area contributed by atoms with Gasteiger partial charge in [0.2, 0.25) is 0 Å². The standard InChI is InChI=1S/C15H24FN3O/c1-5-17-14-13(8-12(16)9-18-14)15(20)19-11(4)7-6-10(2)3/h8-11H,5-7H2,1-4H3,(H,17,18)(H,19,20). The van der Waals surface area contributed by atoms with Gasteiger partial charge in [0, 0.05) is 12.6 Å². The van der Waals surface area contributed by atoms with E-state index in [1.54, 1.807) is 0 Å². The lowest BCUT2D eigenvalue weighted by Gasteiger charge is -2.16. The molecule has 1 unspecified atom stereocenters. The van der Waals surface area contributed by atoms with E-state index in [9.17, 15) is 9.18 Å². The molecule has 1 amide bonds. The first-order valence-corrected chi connectivity index (χ1v) is 7.14. The summed E-state index contributed by atoms with van der Waals surface area (Å²) in [5, 5.41) is 5.86. The molecular formula is C15H24FN3O. The van der Waals surface area contributed by atoms with Gasteiger partial charge in [-0.25, -0.2) is 9.37 Å². The van der Waals surface area contributed by atoms with Gasteiger partial charge in [0.05, 0.1) is 11.8 Å². The molecule has 0 saturated carbocycles. The molecule has 4 nitrogen and oxygen atoms in total. The van der Waals surface area contributed by atoms with Crippen LogP contribution < -0.4 is 10.6 Å². The quantitative estimate of drug-likeness (QED) is 0.807. The van der Waals surface area contributed by atoms with Crippen molar-refractivity contribution >= 4 is 11.7 Å². The highest BCUT2D eigenvalue weighted by atomic mass is 19.1. The minimum Gasteiger partial charge on any atom is -0.370 e. The van der Waals surface area contributed by atoms with Gasteiger partial charge in [0.25, 0.3) is 5.91 Å². The number of halogens is 1. The number of hydrogen-bond acceptors (Lipinski definition) is 3. The summed E-state index contributed by atoms with van der Waals surface area (Å²) >= 11 is 0. The Morgan fingerprint density at radius 1 is 1.35 bits per heavy atom. The van der Waals surface area contributed by atoms with Gasteiger partial charge in [-0.05, 0) is 38.7 Å². The zero-order valence-electron chi connectivity index (χ0n) is 12.7. The number of nitrogens with one attached hydrogen (secondary N) is 2. The minimum absolute atomic E-state index is 0.0580. The molecule has 1 rings (SSSR count). The van der Waals surface area contributed by atoms with Gasteiger partial charge in [-0.3, -0.25) is 4.79 Å². The van der Waals surface area contributed by atoms with Crippen molar-refractivity contribution in [1.29, 1.82) is 0 Å². The fourth-order valence-corrected chi connectivity index (χ4v) is 1.88. The van der Waals surface area contributed by atoms with Crippen LogP contribution in [-0.4, -0.2) is 23.5 Å². The third kappa shape index (κ3) is 5.15. The fraction of sp³-hybridized carbons (Fsp3) is 0.600. The van der Waals surface area contributed by atoms with Crippen molar-refractivity contribution in [1.82, 2.24) is 10.3 Å². The third-order valence-electron chi connectivity index (χ3n) is 3.00. The van der Waals surface area contributed by atoms with Crippen LogP contribution in [-0.2, 0) is 0 Å². The lowest BCUT2D eigenvalue weighted by molar-refractivity contribution is 0.0937. The number of amides is 1. The van der Waals surface area contributed by atoms with Crippen molar-refractivity contribution in [3.05, 3.63) is 23.6 Å². The Morgan fingerprint density at radius 2 is 2.05 bits per heavy atom. The molecule has 0 aliphatic heterocycles. The number of aromatic nitrogens is 1. The lowest BCUT2D eigenvalue weighted by atomic mass is 10.0. The predicted molar refractivity (Wildman–Crippen MR) is 79.4 cm³/mol. The molecule has 1 aromatic rings. The smallest absolute Gasteiger partial charge is 0.255 e. The van der Waals surface area contributed by atoms with E-state index in [1.165, 1.54) is 6.07 Å². The summed E-state index contributed by atoms with van der Waals surface area (Å²) in [5.74, 6) is 0.223.